The summed E-state index contributed by atoms with van der Waals surface area (Å²) >= 11 is 0. The number of carbonyl (C=O) groups excluding carboxylic acids is 2. The average Bonchev–Trinajstić information content (AvgIpc) is 3.43. The van der Waals surface area contributed by atoms with Gasteiger partial charge < -0.3 is 15.1 Å². The van der Waals surface area contributed by atoms with E-state index in [1.807, 2.05) is 4.90 Å². The molecular weight excluding hydrogens is 376 g/mol. The van der Waals surface area contributed by atoms with Gasteiger partial charge in [0.15, 0.2) is 0 Å². The van der Waals surface area contributed by atoms with Crippen molar-refractivity contribution in [2.45, 2.75) is 25.3 Å². The standard InChI is InChI=1S/C22H23F2N3O2/c1-26(20-8-9-27(13-20)21(28)15-2-3-15)22(29)25-19-6-4-14(5-7-19)16-10-17(23)12-18(24)11-16/h4-7,10-12,15,20H,2-3,8-9,13H2,1H3,(H,25,29)/t20-/m0/s1. The second kappa shape index (κ2) is 7.81. The van der Waals surface area contributed by atoms with E-state index in [-0.39, 0.29) is 23.9 Å². The quantitative estimate of drug-likeness (QED) is 0.841. The minimum atomic E-state index is -0.634. The molecule has 1 saturated carbocycles. The summed E-state index contributed by atoms with van der Waals surface area (Å²) in [4.78, 5) is 28.3. The van der Waals surface area contributed by atoms with Gasteiger partial charge in [-0.15, -0.1) is 0 Å². The minimum Gasteiger partial charge on any atom is -0.340 e. The third-order valence-corrected chi connectivity index (χ3v) is 5.60. The van der Waals surface area contributed by atoms with E-state index in [0.29, 0.717) is 29.9 Å². The Morgan fingerprint density at radius 2 is 1.66 bits per heavy atom. The largest absolute Gasteiger partial charge is 0.340 e. The first-order chi connectivity index (χ1) is 13.9. The molecule has 0 unspecified atom stereocenters. The lowest BCUT2D eigenvalue weighted by atomic mass is 10.1. The van der Waals surface area contributed by atoms with Gasteiger partial charge in [-0.3, -0.25) is 4.79 Å². The molecule has 5 nitrogen and oxygen atoms in total. The van der Waals surface area contributed by atoms with Gasteiger partial charge in [-0.1, -0.05) is 12.1 Å². The number of urea groups is 1. The highest BCUT2D eigenvalue weighted by atomic mass is 19.1. The molecule has 2 aliphatic rings. The number of halogens is 2. The molecule has 1 saturated heterocycles. The molecule has 7 heteroatoms. The van der Waals surface area contributed by atoms with Gasteiger partial charge in [-0.2, -0.15) is 0 Å². The Balaban J connectivity index is 1.36. The number of nitrogens with zero attached hydrogens (tertiary/aromatic N) is 2. The molecule has 152 valence electrons. The van der Waals surface area contributed by atoms with E-state index in [4.69, 9.17) is 0 Å². The van der Waals surface area contributed by atoms with Crippen LogP contribution in [-0.4, -0.2) is 47.9 Å². The molecule has 1 N–H and O–H groups in total. The van der Waals surface area contributed by atoms with Crippen molar-refractivity contribution in [1.29, 1.82) is 0 Å². The second-order valence-electron chi connectivity index (χ2n) is 7.78. The van der Waals surface area contributed by atoms with Gasteiger partial charge in [-0.05, 0) is 54.7 Å². The lowest BCUT2D eigenvalue weighted by molar-refractivity contribution is -0.131. The summed E-state index contributed by atoms with van der Waals surface area (Å²) in [5, 5.41) is 2.83. The van der Waals surface area contributed by atoms with E-state index in [9.17, 15) is 18.4 Å². The fraction of sp³-hybridized carbons (Fsp3) is 0.364. The molecule has 4 rings (SSSR count). The van der Waals surface area contributed by atoms with Crippen LogP contribution < -0.4 is 5.32 Å². The molecule has 2 aromatic rings. The SMILES string of the molecule is CN(C(=O)Nc1ccc(-c2cc(F)cc(F)c2)cc1)[C@H]1CCN(C(=O)C2CC2)C1. The molecule has 1 heterocycles. The number of nitrogens with one attached hydrogen (secondary N) is 1. The van der Waals surface area contributed by atoms with Gasteiger partial charge in [0, 0.05) is 37.8 Å². The smallest absolute Gasteiger partial charge is 0.321 e. The van der Waals surface area contributed by atoms with Crippen LogP contribution in [0.2, 0.25) is 0 Å². The van der Waals surface area contributed by atoms with Crippen LogP contribution in [0, 0.1) is 17.6 Å². The van der Waals surface area contributed by atoms with E-state index in [1.165, 1.54) is 12.1 Å². The molecule has 3 amide bonds. The highest BCUT2D eigenvalue weighted by Crippen LogP contribution is 2.32. The van der Waals surface area contributed by atoms with Crippen LogP contribution in [0.4, 0.5) is 19.3 Å². The summed E-state index contributed by atoms with van der Waals surface area (Å²) in [5.41, 5.74) is 1.68. The summed E-state index contributed by atoms with van der Waals surface area (Å²) in [5.74, 6) is -0.863. The average molecular weight is 399 g/mol. The third kappa shape index (κ3) is 4.39. The van der Waals surface area contributed by atoms with Crippen molar-refractivity contribution in [2.24, 2.45) is 5.92 Å². The number of hydrogen-bond donors (Lipinski definition) is 1. The Labute approximate surface area is 168 Å². The summed E-state index contributed by atoms with van der Waals surface area (Å²) < 4.78 is 26.8. The zero-order valence-corrected chi connectivity index (χ0v) is 16.2. The Morgan fingerprint density at radius 1 is 1.00 bits per heavy atom. The maximum atomic E-state index is 13.4. The van der Waals surface area contributed by atoms with Crippen LogP contribution in [0.1, 0.15) is 19.3 Å². The Bertz CT molecular complexity index is 908. The van der Waals surface area contributed by atoms with Crippen molar-refractivity contribution in [2.75, 3.05) is 25.5 Å². The number of hydrogen-bond acceptors (Lipinski definition) is 2. The molecule has 2 fully saturated rings. The fourth-order valence-corrected chi connectivity index (χ4v) is 3.69. The Hall–Kier alpha value is -2.96. The van der Waals surface area contributed by atoms with Crippen LogP contribution in [0.15, 0.2) is 42.5 Å². The Morgan fingerprint density at radius 3 is 2.28 bits per heavy atom. The van der Waals surface area contributed by atoms with Gasteiger partial charge in [0.25, 0.3) is 0 Å². The second-order valence-corrected chi connectivity index (χ2v) is 7.78. The Kier molecular flexibility index (Phi) is 5.22. The lowest BCUT2D eigenvalue weighted by Gasteiger charge is -2.25. The molecule has 0 radical (unpaired) electrons. The number of rotatable bonds is 4. The van der Waals surface area contributed by atoms with E-state index < -0.39 is 11.6 Å². The van der Waals surface area contributed by atoms with E-state index in [2.05, 4.69) is 5.32 Å². The molecule has 29 heavy (non-hydrogen) atoms. The van der Waals surface area contributed by atoms with Crippen molar-refractivity contribution in [3.8, 4) is 11.1 Å². The van der Waals surface area contributed by atoms with Crippen LogP contribution in [0.5, 0.6) is 0 Å². The van der Waals surface area contributed by atoms with E-state index >= 15 is 0 Å². The molecule has 1 aliphatic carbocycles. The maximum absolute atomic E-state index is 13.4. The zero-order valence-electron chi connectivity index (χ0n) is 16.2. The number of carbonyl (C=O) groups is 2. The highest BCUT2D eigenvalue weighted by molar-refractivity contribution is 5.90. The molecule has 0 spiro atoms. The zero-order chi connectivity index (χ0) is 20.5. The summed E-state index contributed by atoms with van der Waals surface area (Å²) in [6.45, 7) is 1.26. The summed E-state index contributed by atoms with van der Waals surface area (Å²) in [6.07, 6.45) is 2.73. The monoisotopic (exact) mass is 399 g/mol. The molecule has 0 bridgehead atoms. The predicted octanol–water partition coefficient (Wildman–Crippen LogP) is 4.11. The van der Waals surface area contributed by atoms with Crippen molar-refractivity contribution in [1.82, 2.24) is 9.80 Å². The van der Waals surface area contributed by atoms with Crippen molar-refractivity contribution < 1.29 is 18.4 Å². The maximum Gasteiger partial charge on any atom is 0.321 e. The van der Waals surface area contributed by atoms with Crippen LogP contribution in [0.25, 0.3) is 11.1 Å². The predicted molar refractivity (Wildman–Crippen MR) is 106 cm³/mol. The van der Waals surface area contributed by atoms with Gasteiger partial charge >= 0.3 is 6.03 Å². The number of amides is 3. The summed E-state index contributed by atoms with van der Waals surface area (Å²) in [7, 11) is 1.73. The van der Waals surface area contributed by atoms with Gasteiger partial charge in [-0.25, -0.2) is 13.6 Å². The van der Waals surface area contributed by atoms with Gasteiger partial charge in [0.1, 0.15) is 11.6 Å². The minimum absolute atomic E-state index is 0.00718. The van der Waals surface area contributed by atoms with Crippen LogP contribution in [-0.2, 0) is 4.79 Å². The van der Waals surface area contributed by atoms with E-state index in [0.717, 1.165) is 25.3 Å². The van der Waals surface area contributed by atoms with Crippen molar-refractivity contribution >= 4 is 17.6 Å². The molecule has 2 aromatic carbocycles. The van der Waals surface area contributed by atoms with E-state index in [1.54, 1.807) is 36.2 Å². The molecule has 1 atom stereocenters. The number of anilines is 1. The third-order valence-electron chi connectivity index (χ3n) is 5.60. The van der Waals surface area contributed by atoms with Crippen molar-refractivity contribution in [3.63, 3.8) is 0 Å². The molecule has 1 aliphatic heterocycles. The van der Waals surface area contributed by atoms with Crippen LogP contribution in [0.3, 0.4) is 0 Å². The topological polar surface area (TPSA) is 52.7 Å². The number of likely N-dealkylation sites (N-methyl/N-ethyl adjacent to an activating group) is 1. The van der Waals surface area contributed by atoms with Gasteiger partial charge in [0.2, 0.25) is 5.91 Å². The highest BCUT2D eigenvalue weighted by Gasteiger charge is 2.38. The normalized spacial score (nSPS) is 18.6. The number of likely N-dealkylation sites (tertiary alicyclic amines) is 1. The molecule has 0 aromatic heterocycles. The first-order valence-corrected chi connectivity index (χ1v) is 9.80. The summed E-state index contributed by atoms with van der Waals surface area (Å²) in [6, 6.07) is 9.90. The molecular formula is C22H23F2N3O2. The lowest BCUT2D eigenvalue weighted by Crippen LogP contribution is -2.42. The van der Waals surface area contributed by atoms with Gasteiger partial charge in [0.05, 0.1) is 6.04 Å². The first kappa shape index (κ1) is 19.4. The number of benzene rings is 2. The van der Waals surface area contributed by atoms with Crippen LogP contribution >= 0.6 is 0 Å². The first-order valence-electron chi connectivity index (χ1n) is 9.80. The van der Waals surface area contributed by atoms with Crippen molar-refractivity contribution in [3.05, 3.63) is 54.1 Å². The fourth-order valence-electron chi connectivity index (χ4n) is 3.69.